The number of alkyl carbamates (subject to hydrolysis) is 1. The maximum Gasteiger partial charge on any atom is 0.407 e. The van der Waals surface area contributed by atoms with E-state index in [2.05, 4.69) is 15.8 Å². The highest BCUT2D eigenvalue weighted by Gasteiger charge is 2.29. The number of nitrogens with one attached hydrogen (secondary N) is 2. The van der Waals surface area contributed by atoms with Gasteiger partial charge in [0.2, 0.25) is 0 Å². The fourth-order valence-corrected chi connectivity index (χ4v) is 3.17. The number of non-ortho nitro benzene ring substituents is 1. The smallest absolute Gasteiger partial charge is 0.407 e. The summed E-state index contributed by atoms with van der Waals surface area (Å²) in [5.74, 6) is -1.29. The van der Waals surface area contributed by atoms with E-state index in [-0.39, 0.29) is 46.5 Å². The van der Waals surface area contributed by atoms with Gasteiger partial charge in [-0.2, -0.15) is 0 Å². The molecule has 0 radical (unpaired) electrons. The summed E-state index contributed by atoms with van der Waals surface area (Å²) in [6, 6.07) is 8.65. The number of phenols is 2. The van der Waals surface area contributed by atoms with Crippen molar-refractivity contribution in [3.05, 3.63) is 58.3 Å². The summed E-state index contributed by atoms with van der Waals surface area (Å²) in [6.07, 6.45) is -1.29. The summed E-state index contributed by atoms with van der Waals surface area (Å²) in [5.41, 5.74) is -0.766. The van der Waals surface area contributed by atoms with Crippen LogP contribution in [0, 0.1) is 15.5 Å². The molecule has 1 heterocycles. The average Bonchev–Trinajstić information content (AvgIpc) is 3.30. The third-order valence-electron chi connectivity index (χ3n) is 5.20. The number of hydrogen-bond acceptors (Lipinski definition) is 10. The van der Waals surface area contributed by atoms with Crippen molar-refractivity contribution in [2.45, 2.75) is 26.9 Å². The minimum Gasteiger partial charge on any atom is -0.508 e. The van der Waals surface area contributed by atoms with Gasteiger partial charge in [0.15, 0.2) is 11.5 Å². The van der Waals surface area contributed by atoms with E-state index in [1.165, 1.54) is 43.4 Å². The van der Waals surface area contributed by atoms with Crippen LogP contribution < -0.4 is 15.4 Å². The zero-order chi connectivity index (χ0) is 27.3. The number of amides is 2. The van der Waals surface area contributed by atoms with E-state index in [4.69, 9.17) is 14.0 Å². The Labute approximate surface area is 211 Å². The van der Waals surface area contributed by atoms with E-state index < -0.39 is 34.2 Å². The predicted octanol–water partition coefficient (Wildman–Crippen LogP) is 3.95. The van der Waals surface area contributed by atoms with Gasteiger partial charge in [-0.1, -0.05) is 25.9 Å². The van der Waals surface area contributed by atoms with Gasteiger partial charge in [0.25, 0.3) is 11.6 Å². The molecular formula is C24H26N4O9. The Bertz CT molecular complexity index is 1300. The first-order valence-electron chi connectivity index (χ1n) is 11.0. The van der Waals surface area contributed by atoms with Gasteiger partial charge in [-0.3, -0.25) is 14.9 Å². The van der Waals surface area contributed by atoms with Gasteiger partial charge >= 0.3 is 6.09 Å². The molecule has 1 unspecified atom stereocenters. The number of aromatic nitrogens is 1. The predicted molar refractivity (Wildman–Crippen MR) is 130 cm³/mol. The van der Waals surface area contributed by atoms with Gasteiger partial charge in [0, 0.05) is 42.8 Å². The number of hydrogen-bond donors (Lipinski definition) is 4. The number of nitro benzene ring substituents is 1. The summed E-state index contributed by atoms with van der Waals surface area (Å²) >= 11 is 0. The van der Waals surface area contributed by atoms with Crippen LogP contribution in [0.3, 0.4) is 0 Å². The van der Waals surface area contributed by atoms with E-state index >= 15 is 0 Å². The molecular weight excluding hydrogens is 488 g/mol. The molecule has 3 aromatic rings. The van der Waals surface area contributed by atoms with Gasteiger partial charge in [-0.15, -0.1) is 0 Å². The second-order valence-corrected chi connectivity index (χ2v) is 8.99. The average molecular weight is 514 g/mol. The Morgan fingerprint density at radius 3 is 2.43 bits per heavy atom. The second-order valence-electron chi connectivity index (χ2n) is 8.99. The normalized spacial score (nSPS) is 11.9. The van der Waals surface area contributed by atoms with Crippen LogP contribution in [0.2, 0.25) is 0 Å². The number of carbonyl (C=O) groups excluding carboxylic acids is 2. The van der Waals surface area contributed by atoms with E-state index in [1.54, 1.807) is 0 Å². The highest BCUT2D eigenvalue weighted by Crippen LogP contribution is 2.43. The molecule has 13 nitrogen and oxygen atoms in total. The Kier molecular flexibility index (Phi) is 7.85. The van der Waals surface area contributed by atoms with Crippen molar-refractivity contribution in [1.82, 2.24) is 15.8 Å². The number of phenolic OH excluding ortho intramolecular Hbond substituents is 2. The number of rotatable bonds is 8. The fraction of sp³-hybridized carbons (Fsp3) is 0.292. The maximum atomic E-state index is 12.7. The fourth-order valence-electron chi connectivity index (χ4n) is 3.17. The number of benzene rings is 2. The van der Waals surface area contributed by atoms with Crippen molar-refractivity contribution < 1.29 is 38.7 Å². The molecule has 37 heavy (non-hydrogen) atoms. The Balaban J connectivity index is 1.82. The minimum atomic E-state index is -0.648. The van der Waals surface area contributed by atoms with Crippen LogP contribution in [0.5, 0.6) is 23.0 Å². The Hall–Kier alpha value is -4.81. The summed E-state index contributed by atoms with van der Waals surface area (Å²) < 4.78 is 16.3. The van der Waals surface area contributed by atoms with Crippen LogP contribution >= 0.6 is 0 Å². The zero-order valence-corrected chi connectivity index (χ0v) is 20.5. The second kappa shape index (κ2) is 10.8. The zero-order valence-electron chi connectivity index (χ0n) is 20.5. The number of carbonyl (C=O) groups is 2. The van der Waals surface area contributed by atoms with Crippen molar-refractivity contribution in [1.29, 1.82) is 0 Å². The molecule has 196 valence electrons. The van der Waals surface area contributed by atoms with Crippen LogP contribution in [0.1, 0.15) is 31.3 Å². The van der Waals surface area contributed by atoms with Crippen molar-refractivity contribution in [3.8, 4) is 34.3 Å². The van der Waals surface area contributed by atoms with Crippen molar-refractivity contribution in [2.75, 3.05) is 13.6 Å². The van der Waals surface area contributed by atoms with Crippen LogP contribution in [0.4, 0.5) is 10.5 Å². The molecule has 0 spiro atoms. The number of ether oxygens (including phenoxy) is 2. The van der Waals surface area contributed by atoms with Crippen LogP contribution in [-0.4, -0.2) is 52.0 Å². The first-order valence-corrected chi connectivity index (χ1v) is 11.0. The molecule has 1 atom stereocenters. The first-order chi connectivity index (χ1) is 17.4. The molecule has 3 rings (SSSR count). The lowest BCUT2D eigenvalue weighted by Crippen LogP contribution is -2.43. The van der Waals surface area contributed by atoms with Gasteiger partial charge in [0.1, 0.15) is 34.7 Å². The largest absolute Gasteiger partial charge is 0.508 e. The summed E-state index contributed by atoms with van der Waals surface area (Å²) in [4.78, 5) is 34.7. The third-order valence-corrected chi connectivity index (χ3v) is 5.20. The lowest BCUT2D eigenvalue weighted by molar-refractivity contribution is -0.384. The molecule has 0 saturated carbocycles. The molecule has 2 amide bonds. The molecule has 0 aliphatic carbocycles. The quantitative estimate of drug-likeness (QED) is 0.253. The first kappa shape index (κ1) is 26.8. The van der Waals surface area contributed by atoms with Crippen molar-refractivity contribution >= 4 is 17.7 Å². The number of aromatic hydroxyl groups is 2. The monoisotopic (exact) mass is 514 g/mol. The lowest BCUT2D eigenvalue weighted by atomic mass is 9.89. The van der Waals surface area contributed by atoms with Gasteiger partial charge in [0.05, 0.1) is 11.5 Å². The van der Waals surface area contributed by atoms with E-state index in [1.807, 2.05) is 20.8 Å². The summed E-state index contributed by atoms with van der Waals surface area (Å²) in [6.45, 7) is 5.54. The van der Waals surface area contributed by atoms with Gasteiger partial charge < -0.3 is 34.8 Å². The van der Waals surface area contributed by atoms with E-state index in [9.17, 15) is 29.9 Å². The van der Waals surface area contributed by atoms with Crippen molar-refractivity contribution in [3.63, 3.8) is 0 Å². The highest BCUT2D eigenvalue weighted by molar-refractivity contribution is 5.93. The van der Waals surface area contributed by atoms with Crippen LogP contribution in [0.25, 0.3) is 11.3 Å². The number of nitro groups is 1. The third kappa shape index (κ3) is 6.66. The maximum absolute atomic E-state index is 12.7. The molecule has 13 heteroatoms. The van der Waals surface area contributed by atoms with Crippen LogP contribution in [0.15, 0.2) is 47.0 Å². The highest BCUT2D eigenvalue weighted by atomic mass is 16.6. The number of nitrogens with zero attached hydrogens (tertiary/aromatic N) is 2. The standard InChI is InChI=1S/C24H26N4O9/c1-24(2,3)20(36-23(32)25-4)12-26-22(31)16-11-19(37-27-16)21-17(30)9-14(29)10-18(21)35-15-7-5-13(6-8-15)28(33)34/h5-11,20,29-30H,12H2,1-4H3,(H,25,32)(H,26,31). The molecule has 0 aliphatic heterocycles. The van der Waals surface area contributed by atoms with Gasteiger partial charge in [-0.05, 0) is 12.1 Å². The van der Waals surface area contributed by atoms with Crippen LogP contribution in [-0.2, 0) is 4.74 Å². The Morgan fingerprint density at radius 2 is 1.84 bits per heavy atom. The molecule has 2 aromatic carbocycles. The Morgan fingerprint density at radius 1 is 1.16 bits per heavy atom. The molecule has 4 N–H and O–H groups in total. The SMILES string of the molecule is CNC(=O)OC(CNC(=O)c1cc(-c2c(O)cc(O)cc2Oc2ccc([N+](=O)[O-])cc2)on1)C(C)(C)C. The minimum absolute atomic E-state index is 0.00306. The topological polar surface area (TPSA) is 186 Å². The molecule has 1 aromatic heterocycles. The summed E-state index contributed by atoms with van der Waals surface area (Å²) in [7, 11) is 1.43. The van der Waals surface area contributed by atoms with Crippen molar-refractivity contribution in [2.24, 2.45) is 5.41 Å². The summed E-state index contributed by atoms with van der Waals surface area (Å²) in [5, 5.41) is 40.0. The molecule has 0 bridgehead atoms. The van der Waals surface area contributed by atoms with Gasteiger partial charge in [-0.25, -0.2) is 4.79 Å². The van der Waals surface area contributed by atoms with E-state index in [0.29, 0.717) is 0 Å². The molecule has 0 fully saturated rings. The molecule has 0 saturated heterocycles. The molecule has 0 aliphatic rings. The lowest BCUT2D eigenvalue weighted by Gasteiger charge is -2.30. The van der Waals surface area contributed by atoms with E-state index in [0.717, 1.165) is 6.07 Å².